The van der Waals surface area contributed by atoms with Crippen LogP contribution in [0, 0.1) is 6.92 Å². The van der Waals surface area contributed by atoms with Crippen LogP contribution in [-0.4, -0.2) is 6.61 Å². The van der Waals surface area contributed by atoms with Gasteiger partial charge in [-0.15, -0.1) is 12.4 Å². The molecule has 1 heterocycles. The van der Waals surface area contributed by atoms with Gasteiger partial charge >= 0.3 is 0 Å². The van der Waals surface area contributed by atoms with Crippen molar-refractivity contribution in [3.8, 4) is 5.75 Å². The van der Waals surface area contributed by atoms with Gasteiger partial charge in [0.1, 0.15) is 12.4 Å². The summed E-state index contributed by atoms with van der Waals surface area (Å²) in [7, 11) is 0. The van der Waals surface area contributed by atoms with E-state index in [2.05, 4.69) is 13.0 Å². The van der Waals surface area contributed by atoms with Crippen molar-refractivity contribution in [1.82, 2.24) is 0 Å². The Hall–Kier alpha value is -0.730. The second-order valence-electron chi connectivity index (χ2n) is 2.96. The van der Waals surface area contributed by atoms with Crippen LogP contribution in [0.3, 0.4) is 0 Å². The van der Waals surface area contributed by atoms with Gasteiger partial charge in [-0.2, -0.15) is 0 Å². The normalized spacial score (nSPS) is 19.3. The molecule has 1 aromatic rings. The van der Waals surface area contributed by atoms with Gasteiger partial charge in [0.2, 0.25) is 0 Å². The fourth-order valence-corrected chi connectivity index (χ4v) is 1.36. The number of ether oxygens (including phenoxy) is 1. The zero-order valence-electron chi connectivity index (χ0n) is 6.91. The number of hydrogen-bond donors (Lipinski definition) is 1. The summed E-state index contributed by atoms with van der Waals surface area (Å²) in [5, 5.41) is 0. The number of hydrogen-bond acceptors (Lipinski definition) is 2. The van der Waals surface area contributed by atoms with Crippen molar-refractivity contribution < 1.29 is 4.74 Å². The smallest absolute Gasteiger partial charge is 0.124 e. The number of aryl methyl sites for hydroxylation is 1. The number of benzene rings is 1. The van der Waals surface area contributed by atoms with Gasteiger partial charge in [-0.05, 0) is 13.0 Å². The lowest BCUT2D eigenvalue weighted by Gasteiger charge is -2.00. The van der Waals surface area contributed by atoms with Gasteiger partial charge in [-0.3, -0.25) is 0 Å². The van der Waals surface area contributed by atoms with Gasteiger partial charge in [-0.1, -0.05) is 17.7 Å². The van der Waals surface area contributed by atoms with Crippen LogP contribution in [0.5, 0.6) is 5.75 Å². The van der Waals surface area contributed by atoms with Crippen LogP contribution in [0.25, 0.3) is 0 Å². The monoisotopic (exact) mass is 185 g/mol. The summed E-state index contributed by atoms with van der Waals surface area (Å²) in [5.41, 5.74) is 8.17. The summed E-state index contributed by atoms with van der Waals surface area (Å²) >= 11 is 0. The highest BCUT2D eigenvalue weighted by molar-refractivity contribution is 5.85. The maximum absolute atomic E-state index is 5.79. The molecule has 2 N–H and O–H groups in total. The molecule has 0 bridgehead atoms. The minimum absolute atomic E-state index is 0. The first-order valence-electron chi connectivity index (χ1n) is 3.76. The van der Waals surface area contributed by atoms with Crippen LogP contribution >= 0.6 is 12.4 Å². The predicted molar refractivity (Wildman–Crippen MR) is 50.9 cm³/mol. The number of fused-ring (bicyclic) bond motifs is 1. The largest absolute Gasteiger partial charge is 0.491 e. The maximum Gasteiger partial charge on any atom is 0.124 e. The van der Waals surface area contributed by atoms with Gasteiger partial charge in [-0.25, -0.2) is 0 Å². The molecule has 1 aliphatic rings. The molecule has 2 rings (SSSR count). The van der Waals surface area contributed by atoms with Gasteiger partial charge in [0, 0.05) is 5.56 Å². The van der Waals surface area contributed by atoms with Gasteiger partial charge in [0.25, 0.3) is 0 Å². The molecule has 0 saturated carbocycles. The van der Waals surface area contributed by atoms with E-state index in [-0.39, 0.29) is 18.4 Å². The first kappa shape index (κ1) is 9.36. The molecule has 3 heteroatoms. The van der Waals surface area contributed by atoms with Crippen molar-refractivity contribution in [2.45, 2.75) is 13.0 Å². The summed E-state index contributed by atoms with van der Waals surface area (Å²) in [4.78, 5) is 0. The Bertz CT molecular complexity index is 288. The van der Waals surface area contributed by atoms with Gasteiger partial charge < -0.3 is 10.5 Å². The lowest BCUT2D eigenvalue weighted by molar-refractivity contribution is 0.333. The van der Waals surface area contributed by atoms with Crippen LogP contribution in [0.2, 0.25) is 0 Å². The number of halogens is 1. The van der Waals surface area contributed by atoms with E-state index in [9.17, 15) is 0 Å². The van der Waals surface area contributed by atoms with Crippen molar-refractivity contribution in [2.24, 2.45) is 5.73 Å². The summed E-state index contributed by atoms with van der Waals surface area (Å²) in [5.74, 6) is 0.947. The minimum atomic E-state index is 0. The van der Waals surface area contributed by atoms with Crippen LogP contribution in [0.15, 0.2) is 18.2 Å². The molecule has 1 aliphatic heterocycles. The van der Waals surface area contributed by atoms with E-state index in [1.54, 1.807) is 0 Å². The van der Waals surface area contributed by atoms with E-state index in [0.29, 0.717) is 6.61 Å². The van der Waals surface area contributed by atoms with Crippen LogP contribution in [0.1, 0.15) is 17.2 Å². The molecular formula is C9H12ClNO. The summed E-state index contributed by atoms with van der Waals surface area (Å²) < 4.78 is 5.34. The van der Waals surface area contributed by atoms with E-state index in [1.807, 2.05) is 12.1 Å². The average Bonchev–Trinajstić information content (AvgIpc) is 2.33. The standard InChI is InChI=1S/C9H11NO.ClH/c1-6-2-3-9-7(4-6)8(10)5-11-9;/h2-4,8H,5,10H2,1H3;1H. The highest BCUT2D eigenvalue weighted by atomic mass is 35.5. The molecule has 0 radical (unpaired) electrons. The van der Waals surface area contributed by atoms with E-state index >= 15 is 0 Å². The number of nitrogens with two attached hydrogens (primary N) is 1. The zero-order chi connectivity index (χ0) is 7.84. The van der Waals surface area contributed by atoms with Crippen LogP contribution in [0.4, 0.5) is 0 Å². The molecule has 12 heavy (non-hydrogen) atoms. The van der Waals surface area contributed by atoms with E-state index < -0.39 is 0 Å². The molecule has 1 unspecified atom stereocenters. The Morgan fingerprint density at radius 1 is 1.50 bits per heavy atom. The second-order valence-corrected chi connectivity index (χ2v) is 2.96. The van der Waals surface area contributed by atoms with Crippen molar-refractivity contribution in [1.29, 1.82) is 0 Å². The summed E-state index contributed by atoms with van der Waals surface area (Å²) in [6.07, 6.45) is 0. The van der Waals surface area contributed by atoms with E-state index in [1.165, 1.54) is 5.56 Å². The fraction of sp³-hybridized carbons (Fsp3) is 0.333. The van der Waals surface area contributed by atoms with Gasteiger partial charge in [0.05, 0.1) is 6.04 Å². The molecule has 0 spiro atoms. The molecule has 0 amide bonds. The molecule has 2 nitrogen and oxygen atoms in total. The predicted octanol–water partition coefficient (Wildman–Crippen LogP) is 1.81. The Labute approximate surface area is 78.1 Å². The highest BCUT2D eigenvalue weighted by Gasteiger charge is 2.19. The number of rotatable bonds is 0. The molecule has 1 aromatic carbocycles. The molecule has 0 saturated heterocycles. The Morgan fingerprint density at radius 2 is 2.25 bits per heavy atom. The lowest BCUT2D eigenvalue weighted by atomic mass is 10.1. The molecular weight excluding hydrogens is 174 g/mol. The van der Waals surface area contributed by atoms with Crippen LogP contribution in [-0.2, 0) is 0 Å². The zero-order valence-corrected chi connectivity index (χ0v) is 7.73. The quantitative estimate of drug-likeness (QED) is 0.669. The second kappa shape index (κ2) is 3.33. The molecule has 0 aromatic heterocycles. The third-order valence-corrected chi connectivity index (χ3v) is 1.98. The molecule has 1 atom stereocenters. The lowest BCUT2D eigenvalue weighted by Crippen LogP contribution is -2.10. The third kappa shape index (κ3) is 1.40. The summed E-state index contributed by atoms with van der Waals surface area (Å²) in [6, 6.07) is 6.19. The SMILES string of the molecule is Cc1ccc2c(c1)C(N)CO2.Cl. The fourth-order valence-electron chi connectivity index (χ4n) is 1.36. The average molecular weight is 186 g/mol. The minimum Gasteiger partial charge on any atom is -0.491 e. The highest BCUT2D eigenvalue weighted by Crippen LogP contribution is 2.30. The van der Waals surface area contributed by atoms with E-state index in [4.69, 9.17) is 10.5 Å². The van der Waals surface area contributed by atoms with Crippen molar-refractivity contribution >= 4 is 12.4 Å². The topological polar surface area (TPSA) is 35.2 Å². The molecule has 0 fully saturated rings. The first-order chi connectivity index (χ1) is 5.27. The molecule has 0 aliphatic carbocycles. The Balaban J connectivity index is 0.000000720. The Morgan fingerprint density at radius 3 is 3.00 bits per heavy atom. The first-order valence-corrected chi connectivity index (χ1v) is 3.76. The van der Waals surface area contributed by atoms with Crippen LogP contribution < -0.4 is 10.5 Å². The third-order valence-electron chi connectivity index (χ3n) is 1.98. The van der Waals surface area contributed by atoms with Crippen molar-refractivity contribution in [3.05, 3.63) is 29.3 Å². The maximum atomic E-state index is 5.79. The van der Waals surface area contributed by atoms with Gasteiger partial charge in [0.15, 0.2) is 0 Å². The van der Waals surface area contributed by atoms with Crippen molar-refractivity contribution in [2.75, 3.05) is 6.61 Å². The Kier molecular flexibility index (Phi) is 2.60. The van der Waals surface area contributed by atoms with E-state index in [0.717, 1.165) is 11.3 Å². The molecule has 66 valence electrons. The van der Waals surface area contributed by atoms with Crippen molar-refractivity contribution in [3.63, 3.8) is 0 Å². The summed E-state index contributed by atoms with van der Waals surface area (Å²) in [6.45, 7) is 2.68.